The molecular weight excluding hydrogens is 216 g/mol. The van der Waals surface area contributed by atoms with E-state index in [4.69, 9.17) is 4.74 Å². The van der Waals surface area contributed by atoms with Crippen molar-refractivity contribution in [1.82, 2.24) is 9.78 Å². The zero-order valence-electron chi connectivity index (χ0n) is 11.4. The number of carbonyl (C=O) groups excluding carboxylic acids is 1. The van der Waals surface area contributed by atoms with E-state index >= 15 is 0 Å². The number of ketones is 1. The summed E-state index contributed by atoms with van der Waals surface area (Å²) in [7, 11) is 3.46. The van der Waals surface area contributed by atoms with Crippen LogP contribution in [0.5, 0.6) is 0 Å². The number of carbonyl (C=O) groups is 1. The van der Waals surface area contributed by atoms with Crippen molar-refractivity contribution in [2.75, 3.05) is 7.11 Å². The Morgan fingerprint density at radius 2 is 2.18 bits per heavy atom. The number of nitrogens with zero attached hydrogens (tertiary/aromatic N) is 2. The smallest absolute Gasteiger partial charge is 0.167 e. The van der Waals surface area contributed by atoms with Gasteiger partial charge in [0.25, 0.3) is 0 Å². The van der Waals surface area contributed by atoms with Gasteiger partial charge in [-0.2, -0.15) is 5.10 Å². The summed E-state index contributed by atoms with van der Waals surface area (Å²) in [6.45, 7) is 6.04. The third-order valence-electron chi connectivity index (χ3n) is 2.92. The predicted octanol–water partition coefficient (Wildman–Crippen LogP) is 1.77. The summed E-state index contributed by atoms with van der Waals surface area (Å²) in [5.41, 5.74) is 1.98. The van der Waals surface area contributed by atoms with Gasteiger partial charge < -0.3 is 4.74 Å². The fraction of sp³-hybridized carbons (Fsp3) is 0.692. The van der Waals surface area contributed by atoms with Crippen molar-refractivity contribution in [3.05, 3.63) is 17.5 Å². The molecule has 0 aliphatic heterocycles. The lowest BCUT2D eigenvalue weighted by Crippen LogP contribution is -2.30. The third-order valence-corrected chi connectivity index (χ3v) is 2.92. The van der Waals surface area contributed by atoms with E-state index in [1.165, 1.54) is 0 Å². The lowest BCUT2D eigenvalue weighted by molar-refractivity contribution is -0.130. The van der Waals surface area contributed by atoms with Gasteiger partial charge in [-0.05, 0) is 18.4 Å². The van der Waals surface area contributed by atoms with Crippen molar-refractivity contribution in [2.24, 2.45) is 13.0 Å². The van der Waals surface area contributed by atoms with Crippen LogP contribution in [0.25, 0.3) is 0 Å². The second-order valence-electron chi connectivity index (χ2n) is 4.65. The van der Waals surface area contributed by atoms with Gasteiger partial charge in [0.15, 0.2) is 5.78 Å². The van der Waals surface area contributed by atoms with Crippen LogP contribution in [0.2, 0.25) is 0 Å². The van der Waals surface area contributed by atoms with Gasteiger partial charge in [0, 0.05) is 19.9 Å². The minimum atomic E-state index is -0.324. The lowest BCUT2D eigenvalue weighted by atomic mass is 10.00. The van der Waals surface area contributed by atoms with Gasteiger partial charge in [-0.1, -0.05) is 20.8 Å². The average Bonchev–Trinajstić information content (AvgIpc) is 2.60. The highest BCUT2D eigenvalue weighted by atomic mass is 16.5. The van der Waals surface area contributed by atoms with Gasteiger partial charge in [0.05, 0.1) is 12.1 Å². The summed E-state index contributed by atoms with van der Waals surface area (Å²) < 4.78 is 7.02. The van der Waals surface area contributed by atoms with Gasteiger partial charge in [0.2, 0.25) is 0 Å². The van der Waals surface area contributed by atoms with Gasteiger partial charge in [-0.15, -0.1) is 0 Å². The van der Waals surface area contributed by atoms with Crippen molar-refractivity contribution in [3.63, 3.8) is 0 Å². The molecule has 0 bridgehead atoms. The number of hydrogen-bond donors (Lipinski definition) is 0. The van der Waals surface area contributed by atoms with Gasteiger partial charge in [-0.3, -0.25) is 9.48 Å². The molecule has 0 radical (unpaired) electrons. The highest BCUT2D eigenvalue weighted by molar-refractivity contribution is 5.85. The van der Waals surface area contributed by atoms with Crippen LogP contribution in [0.15, 0.2) is 6.07 Å². The van der Waals surface area contributed by atoms with Crippen LogP contribution < -0.4 is 0 Å². The molecule has 0 N–H and O–H groups in total. The molecule has 1 atom stereocenters. The maximum absolute atomic E-state index is 12.1. The molecule has 0 fully saturated rings. The maximum Gasteiger partial charge on any atom is 0.167 e. The molecule has 4 heteroatoms. The van der Waals surface area contributed by atoms with E-state index < -0.39 is 0 Å². The molecule has 1 aromatic heterocycles. The Hall–Kier alpha value is -1.16. The molecule has 0 aliphatic carbocycles. The summed E-state index contributed by atoms with van der Waals surface area (Å²) in [6, 6.07) is 1.99. The number of hydrogen-bond acceptors (Lipinski definition) is 3. The van der Waals surface area contributed by atoms with Crippen LogP contribution in [0.3, 0.4) is 0 Å². The van der Waals surface area contributed by atoms with Crippen molar-refractivity contribution in [2.45, 2.75) is 39.7 Å². The zero-order chi connectivity index (χ0) is 13.0. The van der Waals surface area contributed by atoms with E-state index in [9.17, 15) is 4.79 Å². The molecule has 0 aromatic carbocycles. The first kappa shape index (κ1) is 13.9. The van der Waals surface area contributed by atoms with Gasteiger partial charge >= 0.3 is 0 Å². The first-order valence-electron chi connectivity index (χ1n) is 6.06. The molecule has 1 heterocycles. The fourth-order valence-electron chi connectivity index (χ4n) is 1.96. The number of aromatic nitrogens is 2. The number of ether oxygens (including phenoxy) is 1. The van der Waals surface area contributed by atoms with E-state index in [0.717, 1.165) is 17.8 Å². The maximum atomic E-state index is 12.1. The number of rotatable bonds is 6. The molecule has 0 saturated heterocycles. The standard InChI is InChI=1S/C13H22N2O2/c1-6-10-7-11(15(4)14-10)8-12(16)13(17-5)9(2)3/h7,9,13H,6,8H2,1-5H3. The first-order chi connectivity index (χ1) is 7.99. The molecule has 1 rings (SSSR count). The lowest BCUT2D eigenvalue weighted by Gasteiger charge is -2.17. The zero-order valence-corrected chi connectivity index (χ0v) is 11.4. The summed E-state index contributed by atoms with van der Waals surface area (Å²) in [6.07, 6.45) is 0.954. The largest absolute Gasteiger partial charge is 0.373 e. The molecule has 96 valence electrons. The van der Waals surface area contributed by atoms with E-state index in [-0.39, 0.29) is 17.8 Å². The molecule has 1 unspecified atom stereocenters. The van der Waals surface area contributed by atoms with Gasteiger partial charge in [0.1, 0.15) is 6.10 Å². The second-order valence-corrected chi connectivity index (χ2v) is 4.65. The molecule has 0 saturated carbocycles. The summed E-state index contributed by atoms with van der Waals surface area (Å²) in [5, 5.41) is 4.34. The molecule has 1 aromatic rings. The molecule has 0 aliphatic rings. The van der Waals surface area contributed by atoms with E-state index in [0.29, 0.717) is 6.42 Å². The summed E-state index contributed by atoms with van der Waals surface area (Å²) in [4.78, 5) is 12.1. The van der Waals surface area contributed by atoms with Crippen molar-refractivity contribution in [1.29, 1.82) is 0 Å². The molecule has 17 heavy (non-hydrogen) atoms. The Morgan fingerprint density at radius 3 is 2.59 bits per heavy atom. The highest BCUT2D eigenvalue weighted by Gasteiger charge is 2.22. The minimum Gasteiger partial charge on any atom is -0.373 e. The summed E-state index contributed by atoms with van der Waals surface area (Å²) in [5.74, 6) is 0.319. The number of methoxy groups -OCH3 is 1. The first-order valence-corrected chi connectivity index (χ1v) is 6.06. The SMILES string of the molecule is CCc1cc(CC(=O)C(OC)C(C)C)n(C)n1. The van der Waals surface area contributed by atoms with Crippen LogP contribution in [-0.4, -0.2) is 28.8 Å². The monoisotopic (exact) mass is 238 g/mol. The Bertz CT molecular complexity index is 383. The molecular formula is C13H22N2O2. The Labute approximate surface area is 103 Å². The average molecular weight is 238 g/mol. The Morgan fingerprint density at radius 1 is 1.53 bits per heavy atom. The normalized spacial score (nSPS) is 13.1. The fourth-order valence-corrected chi connectivity index (χ4v) is 1.96. The molecule has 0 amide bonds. The number of aryl methyl sites for hydroxylation is 2. The third kappa shape index (κ3) is 3.40. The van der Waals surface area contributed by atoms with E-state index in [2.05, 4.69) is 12.0 Å². The minimum absolute atomic E-state index is 0.119. The topological polar surface area (TPSA) is 44.1 Å². The van der Waals surface area contributed by atoms with Crippen molar-refractivity contribution < 1.29 is 9.53 Å². The van der Waals surface area contributed by atoms with Crippen LogP contribution in [-0.2, 0) is 29.4 Å². The predicted molar refractivity (Wildman–Crippen MR) is 66.9 cm³/mol. The van der Waals surface area contributed by atoms with Crippen LogP contribution >= 0.6 is 0 Å². The second kappa shape index (κ2) is 5.96. The molecule has 4 nitrogen and oxygen atoms in total. The van der Waals surface area contributed by atoms with Gasteiger partial charge in [-0.25, -0.2) is 0 Å². The molecule has 0 spiro atoms. The van der Waals surface area contributed by atoms with Crippen molar-refractivity contribution >= 4 is 5.78 Å². The van der Waals surface area contributed by atoms with E-state index in [1.54, 1.807) is 11.8 Å². The quantitative estimate of drug-likeness (QED) is 0.758. The van der Waals surface area contributed by atoms with E-state index in [1.807, 2.05) is 27.0 Å². The Kier molecular flexibility index (Phi) is 4.87. The van der Waals surface area contributed by atoms with Crippen LogP contribution in [0, 0.1) is 5.92 Å². The summed E-state index contributed by atoms with van der Waals surface area (Å²) >= 11 is 0. The highest BCUT2D eigenvalue weighted by Crippen LogP contribution is 2.12. The van der Waals surface area contributed by atoms with Crippen LogP contribution in [0.1, 0.15) is 32.2 Å². The Balaban J connectivity index is 2.76. The number of Topliss-reactive ketones (excluding diaryl/α,β-unsaturated/α-hetero) is 1. The van der Waals surface area contributed by atoms with Crippen LogP contribution in [0.4, 0.5) is 0 Å². The van der Waals surface area contributed by atoms with Crippen molar-refractivity contribution in [3.8, 4) is 0 Å².